The first kappa shape index (κ1) is 11.7. The van der Waals surface area contributed by atoms with Gasteiger partial charge in [0.2, 0.25) is 0 Å². The predicted octanol–water partition coefficient (Wildman–Crippen LogP) is 2.34. The van der Waals surface area contributed by atoms with Crippen LogP contribution in [0.25, 0.3) is 10.6 Å². The molecular weight excluding hydrogens is 240 g/mol. The van der Waals surface area contributed by atoms with Crippen LogP contribution in [0.2, 0.25) is 0 Å². The van der Waals surface area contributed by atoms with Crippen molar-refractivity contribution < 1.29 is 5.11 Å². The quantitative estimate of drug-likeness (QED) is 0.861. The van der Waals surface area contributed by atoms with Gasteiger partial charge in [-0.3, -0.25) is 0 Å². The molecule has 0 bridgehead atoms. The van der Waals surface area contributed by atoms with Crippen LogP contribution in [0.1, 0.15) is 12.6 Å². The largest absolute Gasteiger partial charge is 0.392 e. The molecule has 2 N–H and O–H groups in total. The van der Waals surface area contributed by atoms with Crippen LogP contribution in [-0.4, -0.2) is 22.7 Å². The molecule has 5 heteroatoms. The molecule has 3 nitrogen and oxygen atoms in total. The van der Waals surface area contributed by atoms with Crippen molar-refractivity contribution in [2.24, 2.45) is 0 Å². The van der Waals surface area contributed by atoms with Crippen molar-refractivity contribution in [3.05, 3.63) is 27.9 Å². The Labute approximate surface area is 103 Å². The molecule has 2 rings (SSSR count). The first-order valence-electron chi connectivity index (χ1n) is 5.11. The van der Waals surface area contributed by atoms with E-state index in [2.05, 4.69) is 32.5 Å². The van der Waals surface area contributed by atoms with E-state index in [1.807, 2.05) is 0 Å². The lowest BCUT2D eigenvalue weighted by Crippen LogP contribution is -2.23. The zero-order chi connectivity index (χ0) is 11.4. The molecule has 0 aromatic carbocycles. The van der Waals surface area contributed by atoms with Crippen LogP contribution in [0.3, 0.4) is 0 Å². The number of rotatable bonds is 5. The van der Waals surface area contributed by atoms with E-state index >= 15 is 0 Å². The third kappa shape index (κ3) is 3.12. The number of thiazole rings is 1. The van der Waals surface area contributed by atoms with Gasteiger partial charge in [-0.25, -0.2) is 4.98 Å². The number of nitrogens with one attached hydrogen (secondary N) is 1. The van der Waals surface area contributed by atoms with Gasteiger partial charge in [-0.1, -0.05) is 0 Å². The Balaban J connectivity index is 1.93. The van der Waals surface area contributed by atoms with Gasteiger partial charge in [-0.15, -0.1) is 11.3 Å². The molecule has 0 aliphatic heterocycles. The molecule has 0 saturated carbocycles. The number of hydrogen-bond donors (Lipinski definition) is 2. The van der Waals surface area contributed by atoms with Gasteiger partial charge in [0.25, 0.3) is 0 Å². The number of aromatic nitrogens is 1. The summed E-state index contributed by atoms with van der Waals surface area (Å²) in [7, 11) is 0. The fraction of sp³-hybridized carbons (Fsp3) is 0.364. The minimum absolute atomic E-state index is 0.310. The van der Waals surface area contributed by atoms with Gasteiger partial charge < -0.3 is 10.4 Å². The molecule has 0 saturated heterocycles. The maximum atomic E-state index is 9.11. The number of thiophene rings is 1. The highest BCUT2D eigenvalue weighted by Gasteiger charge is 2.04. The first-order chi connectivity index (χ1) is 7.75. The minimum Gasteiger partial charge on any atom is -0.392 e. The van der Waals surface area contributed by atoms with Crippen LogP contribution < -0.4 is 5.32 Å². The molecule has 2 heterocycles. The summed E-state index contributed by atoms with van der Waals surface area (Å²) in [5.41, 5.74) is 2.23. The molecule has 2 aromatic rings. The predicted molar refractivity (Wildman–Crippen MR) is 68.8 cm³/mol. The molecule has 0 fully saturated rings. The molecule has 16 heavy (non-hydrogen) atoms. The lowest BCUT2D eigenvalue weighted by Gasteiger charge is -2.04. The smallest absolute Gasteiger partial charge is 0.124 e. The van der Waals surface area contributed by atoms with Gasteiger partial charge in [0.1, 0.15) is 5.01 Å². The van der Waals surface area contributed by atoms with Gasteiger partial charge in [-0.2, -0.15) is 11.3 Å². The average molecular weight is 254 g/mol. The Morgan fingerprint density at radius 3 is 3.06 bits per heavy atom. The second-order valence-electron chi connectivity index (χ2n) is 3.64. The lowest BCUT2D eigenvalue weighted by molar-refractivity contribution is 0.191. The summed E-state index contributed by atoms with van der Waals surface area (Å²) in [6.45, 7) is 3.09. The molecular formula is C11H14N2OS2. The van der Waals surface area contributed by atoms with E-state index in [-0.39, 0.29) is 6.10 Å². The average Bonchev–Trinajstić information content (AvgIpc) is 2.85. The number of aliphatic hydroxyl groups is 1. The SMILES string of the molecule is C[C@H](O)CNCc1csc(-c2ccsc2)n1. The highest BCUT2D eigenvalue weighted by Crippen LogP contribution is 2.25. The molecule has 0 unspecified atom stereocenters. The van der Waals surface area contributed by atoms with Crippen molar-refractivity contribution in [1.82, 2.24) is 10.3 Å². The fourth-order valence-electron chi connectivity index (χ4n) is 1.32. The second kappa shape index (κ2) is 5.54. The Hall–Kier alpha value is -0.750. The number of aliphatic hydroxyl groups excluding tert-OH is 1. The van der Waals surface area contributed by atoms with Crippen molar-refractivity contribution in [1.29, 1.82) is 0 Å². The molecule has 0 aliphatic rings. The van der Waals surface area contributed by atoms with E-state index in [9.17, 15) is 0 Å². The Kier molecular flexibility index (Phi) is 4.06. The van der Waals surface area contributed by atoms with Crippen LogP contribution in [0.5, 0.6) is 0 Å². The molecule has 86 valence electrons. The number of nitrogens with zero attached hydrogens (tertiary/aromatic N) is 1. The molecule has 0 aliphatic carbocycles. The van der Waals surface area contributed by atoms with Gasteiger partial charge in [0, 0.05) is 29.4 Å². The van der Waals surface area contributed by atoms with E-state index in [1.165, 1.54) is 5.56 Å². The molecule has 2 aromatic heterocycles. The summed E-state index contributed by atoms with van der Waals surface area (Å²) in [4.78, 5) is 4.53. The Morgan fingerprint density at radius 2 is 2.38 bits per heavy atom. The third-order valence-electron chi connectivity index (χ3n) is 2.07. The minimum atomic E-state index is -0.310. The van der Waals surface area contributed by atoms with Gasteiger partial charge >= 0.3 is 0 Å². The highest BCUT2D eigenvalue weighted by molar-refractivity contribution is 7.14. The maximum Gasteiger partial charge on any atom is 0.124 e. The first-order valence-corrected chi connectivity index (χ1v) is 6.93. The topological polar surface area (TPSA) is 45.1 Å². The summed E-state index contributed by atoms with van der Waals surface area (Å²) in [5.74, 6) is 0. The summed E-state index contributed by atoms with van der Waals surface area (Å²) in [6.07, 6.45) is -0.310. The molecule has 0 amide bonds. The van der Waals surface area contributed by atoms with Crippen LogP contribution >= 0.6 is 22.7 Å². The van der Waals surface area contributed by atoms with E-state index in [0.717, 1.165) is 10.7 Å². The van der Waals surface area contributed by atoms with Gasteiger partial charge in [0.05, 0.1) is 11.8 Å². The van der Waals surface area contributed by atoms with Crippen LogP contribution in [0.15, 0.2) is 22.2 Å². The van der Waals surface area contributed by atoms with Crippen molar-refractivity contribution in [2.75, 3.05) is 6.54 Å². The third-order valence-corrected chi connectivity index (χ3v) is 3.69. The molecule has 0 spiro atoms. The summed E-state index contributed by atoms with van der Waals surface area (Å²) in [5, 5.41) is 19.5. The van der Waals surface area contributed by atoms with Crippen LogP contribution in [-0.2, 0) is 6.54 Å². The second-order valence-corrected chi connectivity index (χ2v) is 5.27. The Morgan fingerprint density at radius 1 is 1.50 bits per heavy atom. The van der Waals surface area contributed by atoms with Crippen LogP contribution in [0.4, 0.5) is 0 Å². The summed E-state index contributed by atoms with van der Waals surface area (Å²) >= 11 is 3.34. The summed E-state index contributed by atoms with van der Waals surface area (Å²) in [6, 6.07) is 2.08. The van der Waals surface area contributed by atoms with Gasteiger partial charge in [0.15, 0.2) is 0 Å². The highest BCUT2D eigenvalue weighted by atomic mass is 32.1. The van der Waals surface area contributed by atoms with E-state index < -0.39 is 0 Å². The number of hydrogen-bond acceptors (Lipinski definition) is 5. The van der Waals surface area contributed by atoms with Crippen molar-refractivity contribution in [3.8, 4) is 10.6 Å². The fourth-order valence-corrected chi connectivity index (χ4v) is 2.85. The summed E-state index contributed by atoms with van der Waals surface area (Å²) < 4.78 is 0. The molecule has 1 atom stereocenters. The normalized spacial score (nSPS) is 12.9. The molecule has 0 radical (unpaired) electrons. The Bertz CT molecular complexity index is 423. The van der Waals surface area contributed by atoms with Crippen molar-refractivity contribution in [2.45, 2.75) is 19.6 Å². The maximum absolute atomic E-state index is 9.11. The zero-order valence-electron chi connectivity index (χ0n) is 9.01. The standard InChI is InChI=1S/C11H14N2OS2/c1-8(14)4-12-5-10-7-16-11(13-10)9-2-3-15-6-9/h2-3,6-8,12,14H,4-5H2,1H3/t8-/m0/s1. The zero-order valence-corrected chi connectivity index (χ0v) is 10.6. The van der Waals surface area contributed by atoms with E-state index in [4.69, 9.17) is 5.11 Å². The lowest BCUT2D eigenvalue weighted by atomic mass is 10.3. The van der Waals surface area contributed by atoms with Crippen LogP contribution in [0, 0.1) is 0 Å². The van der Waals surface area contributed by atoms with Gasteiger partial charge in [-0.05, 0) is 18.4 Å². The van der Waals surface area contributed by atoms with Crippen molar-refractivity contribution in [3.63, 3.8) is 0 Å². The van der Waals surface area contributed by atoms with E-state index in [0.29, 0.717) is 13.1 Å². The van der Waals surface area contributed by atoms with E-state index in [1.54, 1.807) is 29.6 Å². The monoisotopic (exact) mass is 254 g/mol. The van der Waals surface area contributed by atoms with Crippen molar-refractivity contribution >= 4 is 22.7 Å².